The third kappa shape index (κ3) is 4.38. The van der Waals surface area contributed by atoms with E-state index in [9.17, 15) is 9.90 Å². The lowest BCUT2D eigenvalue weighted by atomic mass is 10.1. The first-order valence-corrected chi connectivity index (χ1v) is 6.67. The zero-order chi connectivity index (χ0) is 15.9. The number of ether oxygens (including phenoxy) is 1. The van der Waals surface area contributed by atoms with Crippen molar-refractivity contribution in [2.45, 2.75) is 46.8 Å². The molecule has 0 fully saturated rings. The summed E-state index contributed by atoms with van der Waals surface area (Å²) < 4.78 is 6.62. The van der Waals surface area contributed by atoms with E-state index in [-0.39, 0.29) is 6.61 Å². The van der Waals surface area contributed by atoms with Gasteiger partial charge in [0, 0.05) is 17.3 Å². The van der Waals surface area contributed by atoms with Crippen molar-refractivity contribution >= 4 is 18.2 Å². The Morgan fingerprint density at radius 2 is 1.90 bits per heavy atom. The Bertz CT molecular complexity index is 479. The van der Waals surface area contributed by atoms with Crippen LogP contribution in [0.15, 0.2) is 19.4 Å². The summed E-state index contributed by atoms with van der Waals surface area (Å²) in [6, 6.07) is 0. The maximum atomic E-state index is 12.0. The van der Waals surface area contributed by atoms with Gasteiger partial charge in [-0.2, -0.15) is 0 Å². The van der Waals surface area contributed by atoms with Crippen molar-refractivity contribution < 1.29 is 14.6 Å². The molecule has 0 unspecified atom stereocenters. The minimum Gasteiger partial charge on any atom is -0.443 e. The van der Waals surface area contributed by atoms with Crippen LogP contribution in [0.5, 0.6) is 0 Å². The van der Waals surface area contributed by atoms with Crippen LogP contribution in [0.25, 0.3) is 12.2 Å². The first-order valence-electron chi connectivity index (χ1n) is 6.67. The second-order valence-electron chi connectivity index (χ2n) is 4.87. The third-order valence-electron chi connectivity index (χ3n) is 2.32. The molecule has 1 rings (SSSR count). The topological polar surface area (TPSA) is 51.5 Å². The highest BCUT2D eigenvalue weighted by Gasteiger charge is 2.21. The first kappa shape index (κ1) is 18.2. The molecule has 1 N–H and O–H groups in total. The van der Waals surface area contributed by atoms with Crippen molar-refractivity contribution in [3.05, 3.63) is 36.2 Å². The summed E-state index contributed by atoms with van der Waals surface area (Å²) in [5.74, 6) is 0. The number of carbonyl (C=O) groups is 1. The van der Waals surface area contributed by atoms with E-state index < -0.39 is 11.7 Å². The van der Waals surface area contributed by atoms with Gasteiger partial charge in [-0.05, 0) is 26.8 Å². The zero-order valence-corrected chi connectivity index (χ0v) is 13.1. The van der Waals surface area contributed by atoms with Crippen LogP contribution in [0, 0.1) is 0 Å². The standard InChI is InChI=1S/C14H19NO3.C2H6/c1-6-11-10(9-16)8-15(12(11)7-2)13(17)18-14(3,4)5;1-2/h6-8,16H,1-2,9H2,3-5H3;1-2H3. The van der Waals surface area contributed by atoms with Crippen molar-refractivity contribution in [3.63, 3.8) is 0 Å². The van der Waals surface area contributed by atoms with Crippen LogP contribution in [0.4, 0.5) is 4.79 Å². The average Bonchev–Trinajstić information content (AvgIpc) is 2.76. The smallest absolute Gasteiger partial charge is 0.419 e. The van der Waals surface area contributed by atoms with Crippen molar-refractivity contribution in [1.29, 1.82) is 0 Å². The van der Waals surface area contributed by atoms with E-state index in [1.807, 2.05) is 13.8 Å². The number of aromatic nitrogens is 1. The Morgan fingerprint density at radius 1 is 1.35 bits per heavy atom. The van der Waals surface area contributed by atoms with Gasteiger partial charge in [-0.15, -0.1) is 0 Å². The second-order valence-corrected chi connectivity index (χ2v) is 4.87. The quantitative estimate of drug-likeness (QED) is 0.907. The van der Waals surface area contributed by atoms with E-state index in [1.54, 1.807) is 39.1 Å². The summed E-state index contributed by atoms with van der Waals surface area (Å²) in [7, 11) is 0. The molecule has 4 nitrogen and oxygen atoms in total. The maximum Gasteiger partial charge on any atom is 0.419 e. The summed E-state index contributed by atoms with van der Waals surface area (Å²) in [4.78, 5) is 12.0. The van der Waals surface area contributed by atoms with Crippen molar-refractivity contribution in [1.82, 2.24) is 4.57 Å². The number of rotatable bonds is 3. The highest BCUT2D eigenvalue weighted by atomic mass is 16.6. The summed E-state index contributed by atoms with van der Waals surface area (Å²) in [5.41, 5.74) is 1.31. The summed E-state index contributed by atoms with van der Waals surface area (Å²) >= 11 is 0. The molecule has 0 aliphatic carbocycles. The molecule has 0 saturated heterocycles. The number of hydrogen-bond acceptors (Lipinski definition) is 3. The van der Waals surface area contributed by atoms with Gasteiger partial charge < -0.3 is 9.84 Å². The van der Waals surface area contributed by atoms with E-state index in [1.165, 1.54) is 4.57 Å². The van der Waals surface area contributed by atoms with E-state index in [2.05, 4.69) is 13.2 Å². The molecule has 0 aliphatic heterocycles. The van der Waals surface area contributed by atoms with E-state index >= 15 is 0 Å². The molecule has 0 radical (unpaired) electrons. The predicted molar refractivity (Wildman–Crippen MR) is 83.5 cm³/mol. The molecule has 0 aromatic carbocycles. The Kier molecular flexibility index (Phi) is 7.00. The highest BCUT2D eigenvalue weighted by molar-refractivity contribution is 5.79. The average molecular weight is 279 g/mol. The summed E-state index contributed by atoms with van der Waals surface area (Å²) in [6.45, 7) is 16.6. The Balaban J connectivity index is 0.00000172. The van der Waals surface area contributed by atoms with Gasteiger partial charge >= 0.3 is 6.09 Å². The number of aliphatic hydroxyl groups is 1. The normalized spacial score (nSPS) is 10.3. The monoisotopic (exact) mass is 279 g/mol. The molecule has 0 saturated carbocycles. The minimum atomic E-state index is -0.576. The largest absolute Gasteiger partial charge is 0.443 e. The number of hydrogen-bond donors (Lipinski definition) is 1. The molecular formula is C16H25NO3. The second kappa shape index (κ2) is 7.70. The van der Waals surface area contributed by atoms with Gasteiger partial charge in [-0.3, -0.25) is 4.57 Å². The molecule has 0 bridgehead atoms. The van der Waals surface area contributed by atoms with Crippen LogP contribution in [0.3, 0.4) is 0 Å². The van der Waals surface area contributed by atoms with Crippen molar-refractivity contribution in [3.8, 4) is 0 Å². The van der Waals surface area contributed by atoms with E-state index in [4.69, 9.17) is 4.74 Å². The van der Waals surface area contributed by atoms with Crippen LogP contribution in [0.2, 0.25) is 0 Å². The lowest BCUT2D eigenvalue weighted by Gasteiger charge is -2.20. The van der Waals surface area contributed by atoms with Crippen LogP contribution >= 0.6 is 0 Å². The number of aliphatic hydroxyl groups excluding tert-OH is 1. The Hall–Kier alpha value is -1.81. The molecule has 20 heavy (non-hydrogen) atoms. The lowest BCUT2D eigenvalue weighted by molar-refractivity contribution is 0.0536. The molecule has 4 heteroatoms. The number of nitrogens with zero attached hydrogens (tertiary/aromatic N) is 1. The molecule has 0 atom stereocenters. The summed E-state index contributed by atoms with van der Waals surface area (Å²) in [6.07, 6.45) is 4.17. The van der Waals surface area contributed by atoms with E-state index in [0.29, 0.717) is 16.8 Å². The van der Waals surface area contributed by atoms with Gasteiger partial charge in [0.15, 0.2) is 0 Å². The maximum absolute atomic E-state index is 12.0. The fraction of sp³-hybridized carbons (Fsp3) is 0.438. The van der Waals surface area contributed by atoms with Crippen LogP contribution in [-0.4, -0.2) is 21.4 Å². The zero-order valence-electron chi connectivity index (χ0n) is 13.1. The fourth-order valence-electron chi connectivity index (χ4n) is 1.62. The van der Waals surface area contributed by atoms with Gasteiger partial charge in [0.2, 0.25) is 0 Å². The van der Waals surface area contributed by atoms with Gasteiger partial charge in [0.25, 0.3) is 0 Å². The van der Waals surface area contributed by atoms with Crippen LogP contribution in [-0.2, 0) is 11.3 Å². The summed E-state index contributed by atoms with van der Waals surface area (Å²) in [5, 5.41) is 9.25. The minimum absolute atomic E-state index is 0.169. The first-order chi connectivity index (χ1) is 9.34. The van der Waals surface area contributed by atoms with Crippen molar-refractivity contribution in [2.24, 2.45) is 0 Å². The number of carbonyl (C=O) groups excluding carboxylic acids is 1. The lowest BCUT2D eigenvalue weighted by Crippen LogP contribution is -2.27. The molecule has 1 aromatic rings. The van der Waals surface area contributed by atoms with Crippen LogP contribution in [0.1, 0.15) is 51.4 Å². The third-order valence-corrected chi connectivity index (χ3v) is 2.32. The molecule has 0 aliphatic rings. The molecular weight excluding hydrogens is 254 g/mol. The van der Waals surface area contributed by atoms with Gasteiger partial charge in [-0.25, -0.2) is 4.79 Å². The van der Waals surface area contributed by atoms with Gasteiger partial charge in [-0.1, -0.05) is 33.1 Å². The molecule has 112 valence electrons. The predicted octanol–water partition coefficient (Wildman–Crippen LogP) is 4.08. The SMILES string of the molecule is C=Cc1c(CO)cn(C(=O)OC(C)(C)C)c1C=C.CC. The van der Waals surface area contributed by atoms with Gasteiger partial charge in [0.05, 0.1) is 12.3 Å². The highest BCUT2D eigenvalue weighted by Crippen LogP contribution is 2.22. The molecule has 1 aromatic heterocycles. The molecule has 0 spiro atoms. The van der Waals surface area contributed by atoms with Crippen molar-refractivity contribution in [2.75, 3.05) is 0 Å². The Labute approximate surface area is 121 Å². The van der Waals surface area contributed by atoms with Gasteiger partial charge in [0.1, 0.15) is 5.60 Å². The molecule has 0 amide bonds. The van der Waals surface area contributed by atoms with Crippen LogP contribution < -0.4 is 0 Å². The fourth-order valence-corrected chi connectivity index (χ4v) is 1.62. The van der Waals surface area contributed by atoms with E-state index in [0.717, 1.165) is 0 Å². The Morgan fingerprint density at radius 3 is 2.25 bits per heavy atom. The molecule has 1 heterocycles.